The third kappa shape index (κ3) is 16.5. The molecule has 59 heavy (non-hydrogen) atoms. The molecule has 0 radical (unpaired) electrons. The van der Waals surface area contributed by atoms with Crippen LogP contribution < -0.4 is 48.7 Å². The van der Waals surface area contributed by atoms with Gasteiger partial charge in [0.15, 0.2) is 6.17 Å². The summed E-state index contributed by atoms with van der Waals surface area (Å²) in [4.78, 5) is 100. The maximum Gasteiger partial charge on any atom is 0.475 e. The van der Waals surface area contributed by atoms with Gasteiger partial charge in [0.05, 0.1) is 31.6 Å². The molecule has 322 valence electrons. The lowest BCUT2D eigenvalue weighted by molar-refractivity contribution is -0.135. The number of nitrogens with one attached hydrogen (secondary N) is 7. The zero-order valence-corrected chi connectivity index (χ0v) is 33.2. The summed E-state index contributed by atoms with van der Waals surface area (Å²) in [5.41, 5.74) is 14.1. The second-order valence-electron chi connectivity index (χ2n) is 13.7. The number of unbranched alkanes of at least 4 members (excludes halogenated alkanes) is 1. The molecule has 0 spiro atoms. The van der Waals surface area contributed by atoms with E-state index in [4.69, 9.17) is 11.5 Å². The van der Waals surface area contributed by atoms with E-state index in [1.165, 1.54) is 19.4 Å². The minimum atomic E-state index is -1.95. The Kier molecular flexibility index (Phi) is 20.1. The number of amides is 8. The molecule has 2 rings (SSSR count). The Labute approximate surface area is 341 Å². The number of aliphatic hydroxyl groups is 2. The number of nitrogens with two attached hydrogens (primary N) is 2. The molecular weight excluding hydrogens is 773 g/mol. The fourth-order valence-electron chi connectivity index (χ4n) is 5.20. The molecule has 8 amide bonds. The smallest absolute Gasteiger partial charge is 0.426 e. The molecule has 3 unspecified atom stereocenters. The van der Waals surface area contributed by atoms with E-state index in [1.54, 1.807) is 24.3 Å². The van der Waals surface area contributed by atoms with Crippen LogP contribution >= 0.6 is 0 Å². The molecule has 0 aliphatic rings. The predicted molar refractivity (Wildman–Crippen MR) is 213 cm³/mol. The first-order chi connectivity index (χ1) is 27.8. The molecule has 0 saturated carbocycles. The van der Waals surface area contributed by atoms with E-state index in [2.05, 4.69) is 56.3 Å². The second-order valence-corrected chi connectivity index (χ2v) is 13.7. The van der Waals surface area contributed by atoms with Crippen molar-refractivity contribution in [2.75, 3.05) is 13.2 Å². The third-order valence-corrected chi connectivity index (χ3v) is 8.75. The predicted octanol–water partition coefficient (Wildman–Crippen LogP) is -4.45. The molecule has 0 bridgehead atoms. The Morgan fingerprint density at radius 2 is 1.29 bits per heavy atom. The average Bonchev–Trinajstić information content (AvgIpc) is 3.19. The lowest BCUT2D eigenvalue weighted by atomic mass is 9.81. The number of aliphatic hydroxyl groups excluding tert-OH is 2. The number of rotatable bonds is 23. The maximum absolute atomic E-state index is 12.9. The summed E-state index contributed by atoms with van der Waals surface area (Å²) >= 11 is 0. The van der Waals surface area contributed by atoms with Gasteiger partial charge < -0.3 is 68.9 Å². The van der Waals surface area contributed by atoms with E-state index in [-0.39, 0.29) is 5.56 Å². The van der Waals surface area contributed by atoms with E-state index >= 15 is 0 Å². The molecule has 0 saturated heterocycles. The Morgan fingerprint density at radius 1 is 0.712 bits per heavy atom. The SMILES string of the molecule is CCCCc1ccc(-c2ccc(C(=O)N[C@H](CO)C(=O)N[C@H](N)C(=O)NCC(=O)NC(C(=O)N[C@@H](C)C(=O)NC(CC(N)=O)C(=O)N[C@@H](C)B(O)O)C(C)O)cc2)cc1. The van der Waals surface area contributed by atoms with Crippen molar-refractivity contribution in [3.63, 3.8) is 0 Å². The van der Waals surface area contributed by atoms with Crippen molar-refractivity contribution < 1.29 is 58.6 Å². The van der Waals surface area contributed by atoms with Crippen LogP contribution in [0.2, 0.25) is 0 Å². The normalized spacial score (nSPS) is 14.4. The molecule has 2 aromatic rings. The Morgan fingerprint density at radius 3 is 1.81 bits per heavy atom. The number of hydrogen-bond donors (Lipinski definition) is 13. The van der Waals surface area contributed by atoms with Gasteiger partial charge in [0.1, 0.15) is 24.2 Å². The molecule has 0 aliphatic carbocycles. The van der Waals surface area contributed by atoms with E-state index in [0.717, 1.165) is 37.3 Å². The number of primary amides is 1. The van der Waals surface area contributed by atoms with Crippen molar-refractivity contribution in [3.8, 4) is 11.1 Å². The van der Waals surface area contributed by atoms with Crippen molar-refractivity contribution >= 4 is 54.4 Å². The molecule has 21 nitrogen and oxygen atoms in total. The van der Waals surface area contributed by atoms with Crippen molar-refractivity contribution in [2.45, 2.75) is 95.8 Å². The van der Waals surface area contributed by atoms with Crippen LogP contribution in [0.1, 0.15) is 62.9 Å². The molecule has 22 heteroatoms. The summed E-state index contributed by atoms with van der Waals surface area (Å²) in [7, 11) is -1.95. The summed E-state index contributed by atoms with van der Waals surface area (Å²) in [6, 6.07) is 8.51. The van der Waals surface area contributed by atoms with Crippen LogP contribution in [0.3, 0.4) is 0 Å². The molecule has 0 heterocycles. The zero-order chi connectivity index (χ0) is 44.4. The van der Waals surface area contributed by atoms with Crippen molar-refractivity contribution in [2.24, 2.45) is 11.5 Å². The van der Waals surface area contributed by atoms with Gasteiger partial charge in [0.2, 0.25) is 35.4 Å². The van der Waals surface area contributed by atoms with Gasteiger partial charge in [-0.15, -0.1) is 0 Å². The van der Waals surface area contributed by atoms with Gasteiger partial charge in [-0.3, -0.25) is 38.4 Å². The van der Waals surface area contributed by atoms with Gasteiger partial charge in [-0.25, -0.2) is 0 Å². The third-order valence-electron chi connectivity index (χ3n) is 8.75. The van der Waals surface area contributed by atoms with Gasteiger partial charge in [0, 0.05) is 5.56 Å². The van der Waals surface area contributed by atoms with Crippen LogP contribution in [0, 0.1) is 0 Å². The fraction of sp³-hybridized carbons (Fsp3) is 0.459. The Hall–Kier alpha value is -5.94. The highest BCUT2D eigenvalue weighted by molar-refractivity contribution is 6.43. The Bertz CT molecular complexity index is 1780. The summed E-state index contributed by atoms with van der Waals surface area (Å²) in [6.45, 7) is 4.04. The number of benzene rings is 2. The lowest BCUT2D eigenvalue weighted by Gasteiger charge is -2.25. The van der Waals surface area contributed by atoms with Gasteiger partial charge >= 0.3 is 7.12 Å². The van der Waals surface area contributed by atoms with Crippen LogP contribution in [0.4, 0.5) is 0 Å². The monoisotopic (exact) mass is 827 g/mol. The van der Waals surface area contributed by atoms with E-state index in [0.29, 0.717) is 0 Å². The quantitative estimate of drug-likeness (QED) is 0.0372. The van der Waals surface area contributed by atoms with Crippen molar-refractivity contribution in [3.05, 3.63) is 59.7 Å². The molecule has 15 N–H and O–H groups in total. The van der Waals surface area contributed by atoms with Crippen molar-refractivity contribution in [1.29, 1.82) is 0 Å². The fourth-order valence-corrected chi connectivity index (χ4v) is 5.20. The zero-order valence-electron chi connectivity index (χ0n) is 33.2. The Balaban J connectivity index is 1.90. The minimum absolute atomic E-state index is 0.194. The number of aryl methyl sites for hydroxylation is 1. The van der Waals surface area contributed by atoms with Crippen LogP contribution in [-0.4, -0.2) is 130 Å². The van der Waals surface area contributed by atoms with Crippen LogP contribution in [0.5, 0.6) is 0 Å². The number of carbonyl (C=O) groups is 8. The van der Waals surface area contributed by atoms with Gasteiger partial charge in [-0.1, -0.05) is 49.7 Å². The van der Waals surface area contributed by atoms with E-state index < -0.39 is 116 Å². The highest BCUT2D eigenvalue weighted by Gasteiger charge is 2.32. The standard InChI is InChI=1S/C37H54BN9O12/c1-5-6-7-22-8-10-23(11-9-22)24-12-14-25(15-13-24)33(53)45-27(18-48)35(55)47-31(40)37(57)41-17-29(51)46-30(20(3)49)36(56)42-19(2)32(52)44-26(16-28(39)50)34(54)43-21(4)38(58)59/h8-15,19-21,26-27,30-31,48-49,58-59H,5-7,16-18,40H2,1-4H3,(H2,39,50)(H,41,57)(H,42,56)(H,43,54)(H,44,52)(H,45,53)(H,46,51)(H,47,55)/t19-,20?,21-,26?,27+,30?,31-/m0/s1. The summed E-state index contributed by atoms with van der Waals surface area (Å²) < 4.78 is 0. The largest absolute Gasteiger partial charge is 0.475 e. The van der Waals surface area contributed by atoms with E-state index in [9.17, 15) is 58.6 Å². The summed E-state index contributed by atoms with van der Waals surface area (Å²) in [5, 5.41) is 53.8. The van der Waals surface area contributed by atoms with Crippen molar-refractivity contribution in [1.82, 2.24) is 37.2 Å². The van der Waals surface area contributed by atoms with Gasteiger partial charge in [-0.05, 0) is 62.4 Å². The first kappa shape index (κ1) is 49.2. The summed E-state index contributed by atoms with van der Waals surface area (Å²) in [6.07, 6.45) is -0.806. The average molecular weight is 828 g/mol. The number of hydrogen-bond acceptors (Lipinski definition) is 13. The van der Waals surface area contributed by atoms with E-state index in [1.807, 2.05) is 12.1 Å². The van der Waals surface area contributed by atoms with Crippen LogP contribution in [0.15, 0.2) is 48.5 Å². The highest BCUT2D eigenvalue weighted by atomic mass is 16.4. The molecule has 0 aromatic heterocycles. The molecule has 2 aromatic carbocycles. The highest BCUT2D eigenvalue weighted by Crippen LogP contribution is 2.21. The topological polar surface area (TPSA) is 354 Å². The first-order valence-electron chi connectivity index (χ1n) is 18.8. The van der Waals surface area contributed by atoms with Gasteiger partial charge in [0.25, 0.3) is 11.8 Å². The second kappa shape index (κ2) is 24.1. The maximum atomic E-state index is 12.9. The molecular formula is C37H54BN9O12. The molecule has 0 fully saturated rings. The lowest BCUT2D eigenvalue weighted by Crippen LogP contribution is -2.60. The molecule has 7 atom stereocenters. The van der Waals surface area contributed by atoms with Crippen LogP contribution in [-0.2, 0) is 40.0 Å². The molecule has 0 aliphatic heterocycles. The van der Waals surface area contributed by atoms with Gasteiger partial charge in [-0.2, -0.15) is 0 Å². The number of carbonyl (C=O) groups excluding carboxylic acids is 8. The summed E-state index contributed by atoms with van der Waals surface area (Å²) in [5.74, 6) is -9.00. The minimum Gasteiger partial charge on any atom is -0.426 e. The van der Waals surface area contributed by atoms with Crippen LogP contribution in [0.25, 0.3) is 11.1 Å². The first-order valence-corrected chi connectivity index (χ1v) is 18.8.